The summed E-state index contributed by atoms with van der Waals surface area (Å²) in [6.45, 7) is 13.5. The molecular weight excluding hydrogens is 272 g/mol. The van der Waals surface area contributed by atoms with Crippen molar-refractivity contribution in [3.05, 3.63) is 12.2 Å². The number of hydrogen-bond acceptors (Lipinski definition) is 4. The first-order chi connectivity index (χ1) is 9.63. The quantitative estimate of drug-likeness (QED) is 0.212. The van der Waals surface area contributed by atoms with E-state index >= 15 is 0 Å². The first-order valence-corrected chi connectivity index (χ1v) is 9.54. The van der Waals surface area contributed by atoms with E-state index in [2.05, 4.69) is 27.4 Å². The van der Waals surface area contributed by atoms with Gasteiger partial charge >= 0.3 is 9.28 Å². The van der Waals surface area contributed by atoms with Crippen molar-refractivity contribution in [2.24, 2.45) is 0 Å². The molecular formula is C15H32O4Si. The monoisotopic (exact) mass is 304 g/mol. The Morgan fingerprint density at radius 1 is 1.05 bits per heavy atom. The van der Waals surface area contributed by atoms with Gasteiger partial charge in [0.05, 0.1) is 19.8 Å². The van der Waals surface area contributed by atoms with Gasteiger partial charge in [-0.25, -0.2) is 0 Å². The molecule has 5 heteroatoms. The van der Waals surface area contributed by atoms with Crippen molar-refractivity contribution in [1.29, 1.82) is 0 Å². The third-order valence-electron chi connectivity index (χ3n) is 2.62. The fourth-order valence-corrected chi connectivity index (χ4v) is 2.77. The minimum absolute atomic E-state index is 0.557. The summed E-state index contributed by atoms with van der Waals surface area (Å²) < 4.78 is 22.9. The van der Waals surface area contributed by atoms with Gasteiger partial charge in [0, 0.05) is 0 Å². The second kappa shape index (κ2) is 13.8. The molecule has 0 radical (unpaired) electrons. The van der Waals surface area contributed by atoms with Crippen LogP contribution in [0.2, 0.25) is 6.04 Å². The Bertz CT molecular complexity index is 226. The average Bonchev–Trinajstić information content (AvgIpc) is 2.43. The molecule has 0 aromatic rings. The summed E-state index contributed by atoms with van der Waals surface area (Å²) in [6.07, 6.45) is 4.23. The predicted molar refractivity (Wildman–Crippen MR) is 85.0 cm³/mol. The molecule has 0 aliphatic heterocycles. The van der Waals surface area contributed by atoms with Crippen LogP contribution < -0.4 is 0 Å². The summed E-state index contributed by atoms with van der Waals surface area (Å²) in [6, 6.07) is 0.887. The molecule has 20 heavy (non-hydrogen) atoms. The molecule has 120 valence electrons. The second-order valence-corrected chi connectivity index (χ2v) is 7.26. The fourth-order valence-electron chi connectivity index (χ4n) is 1.39. The molecule has 1 atom stereocenters. The Balaban J connectivity index is 4.14. The SMILES string of the molecule is C=C(C)CO[SiH](CC)OC(OCCCC)OCCCC. The van der Waals surface area contributed by atoms with Gasteiger partial charge in [-0.1, -0.05) is 45.8 Å². The summed E-state index contributed by atoms with van der Waals surface area (Å²) in [5.74, 6) is 0. The van der Waals surface area contributed by atoms with E-state index in [0.717, 1.165) is 37.3 Å². The van der Waals surface area contributed by atoms with Gasteiger partial charge in [-0.3, -0.25) is 0 Å². The van der Waals surface area contributed by atoms with Crippen molar-refractivity contribution < 1.29 is 18.3 Å². The lowest BCUT2D eigenvalue weighted by Gasteiger charge is -2.23. The lowest BCUT2D eigenvalue weighted by Crippen LogP contribution is -2.33. The lowest BCUT2D eigenvalue weighted by atomic mass is 10.4. The largest absolute Gasteiger partial charge is 0.392 e. The maximum Gasteiger partial charge on any atom is 0.325 e. The zero-order valence-corrected chi connectivity index (χ0v) is 14.8. The highest BCUT2D eigenvalue weighted by Gasteiger charge is 2.19. The Morgan fingerprint density at radius 3 is 2.00 bits per heavy atom. The highest BCUT2D eigenvalue weighted by Crippen LogP contribution is 2.08. The summed E-state index contributed by atoms with van der Waals surface area (Å²) in [5.41, 5.74) is 1.01. The van der Waals surface area contributed by atoms with Crippen LogP contribution in [0.1, 0.15) is 53.4 Å². The van der Waals surface area contributed by atoms with Crippen LogP contribution in [-0.4, -0.2) is 35.6 Å². The smallest absolute Gasteiger partial charge is 0.325 e. The minimum atomic E-state index is -1.74. The molecule has 0 N–H and O–H groups in total. The molecule has 0 aromatic carbocycles. The van der Waals surface area contributed by atoms with Crippen LogP contribution in [-0.2, 0) is 18.3 Å². The summed E-state index contributed by atoms with van der Waals surface area (Å²) in [4.78, 5) is 0. The molecule has 1 unspecified atom stereocenters. The Labute approximate surface area is 126 Å². The predicted octanol–water partition coefficient (Wildman–Crippen LogP) is 3.75. The number of rotatable bonds is 14. The zero-order chi connectivity index (χ0) is 15.2. The highest BCUT2D eigenvalue weighted by atomic mass is 28.3. The number of hydrogen-bond donors (Lipinski definition) is 0. The maximum atomic E-state index is 5.87. The van der Waals surface area contributed by atoms with Crippen LogP contribution in [0, 0.1) is 0 Å². The normalized spacial score (nSPS) is 12.8. The van der Waals surface area contributed by atoms with Gasteiger partial charge in [0.1, 0.15) is 0 Å². The highest BCUT2D eigenvalue weighted by molar-refractivity contribution is 6.44. The van der Waals surface area contributed by atoms with Gasteiger partial charge in [0.25, 0.3) is 6.48 Å². The molecule has 0 rings (SSSR count). The van der Waals surface area contributed by atoms with Gasteiger partial charge < -0.3 is 18.3 Å². The molecule has 0 aromatic heterocycles. The summed E-state index contributed by atoms with van der Waals surface area (Å²) in [7, 11) is -1.74. The third-order valence-corrected chi connectivity index (χ3v) is 4.35. The van der Waals surface area contributed by atoms with Crippen LogP contribution >= 0.6 is 0 Å². The first-order valence-electron chi connectivity index (χ1n) is 7.78. The molecule has 0 amide bonds. The number of ether oxygens (including phenoxy) is 2. The molecule has 0 fully saturated rings. The zero-order valence-electron chi connectivity index (χ0n) is 13.7. The van der Waals surface area contributed by atoms with Gasteiger partial charge in [-0.05, 0) is 25.8 Å². The van der Waals surface area contributed by atoms with Crippen molar-refractivity contribution in [3.63, 3.8) is 0 Å². The molecule has 0 aliphatic carbocycles. The molecule has 0 spiro atoms. The topological polar surface area (TPSA) is 36.9 Å². The Kier molecular flexibility index (Phi) is 13.6. The van der Waals surface area contributed by atoms with E-state index in [0.29, 0.717) is 19.8 Å². The summed E-state index contributed by atoms with van der Waals surface area (Å²) >= 11 is 0. The van der Waals surface area contributed by atoms with Crippen LogP contribution in [0.5, 0.6) is 0 Å². The fraction of sp³-hybridized carbons (Fsp3) is 0.867. The van der Waals surface area contributed by atoms with E-state index in [4.69, 9.17) is 18.3 Å². The van der Waals surface area contributed by atoms with Crippen LogP contribution in [0.15, 0.2) is 12.2 Å². The second-order valence-electron chi connectivity index (χ2n) is 4.98. The van der Waals surface area contributed by atoms with Crippen molar-refractivity contribution >= 4 is 9.28 Å². The van der Waals surface area contributed by atoms with Crippen LogP contribution in [0.4, 0.5) is 0 Å². The van der Waals surface area contributed by atoms with Crippen molar-refractivity contribution in [3.8, 4) is 0 Å². The molecule has 0 heterocycles. The lowest BCUT2D eigenvalue weighted by molar-refractivity contribution is -0.255. The van der Waals surface area contributed by atoms with Crippen LogP contribution in [0.25, 0.3) is 0 Å². The molecule has 0 saturated heterocycles. The van der Waals surface area contributed by atoms with Gasteiger partial charge in [0.2, 0.25) is 0 Å². The minimum Gasteiger partial charge on any atom is -0.392 e. The van der Waals surface area contributed by atoms with Gasteiger partial charge in [0.15, 0.2) is 0 Å². The van der Waals surface area contributed by atoms with E-state index < -0.39 is 15.8 Å². The van der Waals surface area contributed by atoms with Crippen molar-refractivity contribution in [2.75, 3.05) is 19.8 Å². The van der Waals surface area contributed by atoms with Gasteiger partial charge in [-0.2, -0.15) is 0 Å². The Morgan fingerprint density at radius 2 is 1.60 bits per heavy atom. The van der Waals surface area contributed by atoms with E-state index in [9.17, 15) is 0 Å². The standard InChI is InChI=1S/C15H32O4Si/c1-6-9-11-16-15(17-12-10-7-2)19-20(8-3)18-13-14(4)5/h15,20H,4,6-13H2,1-3,5H3. The first kappa shape index (κ1) is 19.8. The van der Waals surface area contributed by atoms with Gasteiger partial charge in [-0.15, -0.1) is 0 Å². The van der Waals surface area contributed by atoms with E-state index in [1.54, 1.807) is 0 Å². The molecule has 0 aliphatic rings. The van der Waals surface area contributed by atoms with E-state index in [1.165, 1.54) is 0 Å². The van der Waals surface area contributed by atoms with Crippen LogP contribution in [0.3, 0.4) is 0 Å². The van der Waals surface area contributed by atoms with Crippen molar-refractivity contribution in [1.82, 2.24) is 0 Å². The average molecular weight is 305 g/mol. The van der Waals surface area contributed by atoms with E-state index in [1.807, 2.05) is 6.92 Å². The molecule has 4 nitrogen and oxygen atoms in total. The van der Waals surface area contributed by atoms with E-state index in [-0.39, 0.29) is 0 Å². The van der Waals surface area contributed by atoms with Crippen molar-refractivity contribution in [2.45, 2.75) is 65.9 Å². The maximum absolute atomic E-state index is 5.87. The Hall–Kier alpha value is -0.203. The molecule has 0 saturated carbocycles. The third kappa shape index (κ3) is 11.6. The summed E-state index contributed by atoms with van der Waals surface area (Å²) in [5, 5.41) is 0. The molecule has 0 bridgehead atoms. The number of unbranched alkanes of at least 4 members (excludes halogenated alkanes) is 2.